The first-order chi connectivity index (χ1) is 20.4. The number of benzene rings is 4. The Bertz CT molecular complexity index is 1810. The molecule has 8 heteroatoms. The fourth-order valence-corrected chi connectivity index (χ4v) is 7.04. The van der Waals surface area contributed by atoms with Crippen LogP contribution in [-0.2, 0) is 0 Å². The molecule has 1 saturated heterocycles. The van der Waals surface area contributed by atoms with Gasteiger partial charge in [0.25, 0.3) is 5.69 Å². The van der Waals surface area contributed by atoms with Gasteiger partial charge in [0.2, 0.25) is 0 Å². The van der Waals surface area contributed by atoms with Crippen LogP contribution in [-0.4, -0.2) is 41.5 Å². The molecule has 0 bridgehead atoms. The van der Waals surface area contributed by atoms with E-state index in [-0.39, 0.29) is 28.6 Å². The van der Waals surface area contributed by atoms with Crippen LogP contribution in [0.5, 0.6) is 5.75 Å². The topological polar surface area (TPSA) is 107 Å². The van der Waals surface area contributed by atoms with Crippen LogP contribution in [0.1, 0.15) is 48.1 Å². The number of non-ortho nitro benzene ring substituents is 1. The molecule has 1 spiro atoms. The predicted octanol–water partition coefficient (Wildman–Crippen LogP) is 5.92. The number of para-hydroxylation sites is 1. The summed E-state index contributed by atoms with van der Waals surface area (Å²) in [7, 11) is 1.53. The van der Waals surface area contributed by atoms with Crippen molar-refractivity contribution < 1.29 is 24.0 Å². The molecule has 1 aliphatic carbocycles. The SMILES string of the molecule is COc1cccc(C2C(C(=O)c3ccc([N+](=O)[O-])cc3)N3c4ccccc4C=CC3C23C(=O)c2ccccc2C3=O)c1. The fourth-order valence-electron chi connectivity index (χ4n) is 7.04. The van der Waals surface area contributed by atoms with Crippen LogP contribution >= 0.6 is 0 Å². The van der Waals surface area contributed by atoms with Gasteiger partial charge in [-0.2, -0.15) is 0 Å². The van der Waals surface area contributed by atoms with Crippen molar-refractivity contribution in [2.45, 2.75) is 18.0 Å². The molecule has 3 atom stereocenters. The van der Waals surface area contributed by atoms with Crippen molar-refractivity contribution in [2.24, 2.45) is 5.41 Å². The molecule has 2 heterocycles. The lowest BCUT2D eigenvalue weighted by molar-refractivity contribution is -0.384. The summed E-state index contributed by atoms with van der Waals surface area (Å²) in [4.78, 5) is 56.7. The van der Waals surface area contributed by atoms with Gasteiger partial charge in [-0.05, 0) is 41.5 Å². The molecule has 2 aliphatic heterocycles. The largest absolute Gasteiger partial charge is 0.497 e. The van der Waals surface area contributed by atoms with Crippen molar-refractivity contribution in [3.8, 4) is 5.75 Å². The number of ketones is 3. The van der Waals surface area contributed by atoms with Crippen molar-refractivity contribution in [3.63, 3.8) is 0 Å². The number of nitro benzene ring substituents is 1. The average molecular weight is 557 g/mol. The van der Waals surface area contributed by atoms with E-state index in [0.717, 1.165) is 11.3 Å². The van der Waals surface area contributed by atoms with Crippen molar-refractivity contribution >= 4 is 34.8 Å². The van der Waals surface area contributed by atoms with Crippen LogP contribution in [0.25, 0.3) is 6.08 Å². The number of carbonyl (C=O) groups excluding carboxylic acids is 3. The first kappa shape index (κ1) is 25.6. The number of Topliss-reactive ketones (excluding diaryl/α,β-unsaturated/α-hetero) is 3. The standard InChI is InChI=1S/C34H24N2O6/c1-42-24-9-6-8-22(19-24)29-30(31(37)21-13-16-23(17-14-21)36(40)41)35-27-12-5-2-7-20(27)15-18-28(35)34(29)32(38)25-10-3-4-11-26(25)33(34)39/h2-19,28-30H,1H3. The highest BCUT2D eigenvalue weighted by Crippen LogP contribution is 2.61. The van der Waals surface area contributed by atoms with E-state index in [1.54, 1.807) is 42.5 Å². The third kappa shape index (κ3) is 3.38. The van der Waals surface area contributed by atoms with Crippen LogP contribution in [0.15, 0.2) is 103 Å². The van der Waals surface area contributed by atoms with E-state index in [9.17, 15) is 24.5 Å². The first-order valence-electron chi connectivity index (χ1n) is 13.5. The van der Waals surface area contributed by atoms with Gasteiger partial charge in [0.05, 0.1) is 18.1 Å². The zero-order chi connectivity index (χ0) is 29.2. The smallest absolute Gasteiger partial charge is 0.269 e. The molecule has 3 aliphatic rings. The fraction of sp³-hybridized carbons (Fsp3) is 0.147. The van der Waals surface area contributed by atoms with Gasteiger partial charge in [-0.25, -0.2) is 0 Å². The van der Waals surface area contributed by atoms with E-state index in [1.807, 2.05) is 47.4 Å². The average Bonchev–Trinajstić information content (AvgIpc) is 3.47. The number of hydrogen-bond acceptors (Lipinski definition) is 7. The maximum Gasteiger partial charge on any atom is 0.269 e. The molecule has 206 valence electrons. The number of nitro groups is 1. The third-order valence-corrected chi connectivity index (χ3v) is 8.80. The second kappa shape index (κ2) is 9.34. The number of ether oxygens (including phenoxy) is 1. The molecule has 1 fully saturated rings. The number of anilines is 1. The zero-order valence-corrected chi connectivity index (χ0v) is 22.5. The Morgan fingerprint density at radius 2 is 1.55 bits per heavy atom. The Morgan fingerprint density at radius 3 is 2.21 bits per heavy atom. The first-order valence-corrected chi connectivity index (χ1v) is 13.5. The highest BCUT2D eigenvalue weighted by Gasteiger charge is 2.71. The summed E-state index contributed by atoms with van der Waals surface area (Å²) in [5.74, 6) is -1.37. The van der Waals surface area contributed by atoms with Gasteiger partial charge in [0, 0.05) is 40.4 Å². The highest BCUT2D eigenvalue weighted by atomic mass is 16.6. The summed E-state index contributed by atoms with van der Waals surface area (Å²) in [5.41, 5.74) is 1.35. The van der Waals surface area contributed by atoms with E-state index < -0.39 is 28.3 Å². The minimum Gasteiger partial charge on any atom is -0.497 e. The van der Waals surface area contributed by atoms with E-state index in [2.05, 4.69) is 0 Å². The number of carbonyl (C=O) groups is 3. The third-order valence-electron chi connectivity index (χ3n) is 8.80. The summed E-state index contributed by atoms with van der Waals surface area (Å²) in [6.45, 7) is 0. The van der Waals surface area contributed by atoms with Gasteiger partial charge < -0.3 is 9.64 Å². The molecular weight excluding hydrogens is 532 g/mol. The number of hydrogen-bond donors (Lipinski definition) is 0. The normalized spacial score (nSPS) is 21.2. The Balaban J connectivity index is 1.52. The summed E-state index contributed by atoms with van der Waals surface area (Å²) < 4.78 is 5.53. The van der Waals surface area contributed by atoms with Gasteiger partial charge in [-0.1, -0.05) is 66.7 Å². The van der Waals surface area contributed by atoms with E-state index in [1.165, 1.54) is 31.4 Å². The number of nitrogens with zero attached hydrogens (tertiary/aromatic N) is 2. The van der Waals surface area contributed by atoms with E-state index in [4.69, 9.17) is 4.74 Å². The molecule has 3 unspecified atom stereocenters. The number of fused-ring (bicyclic) bond motifs is 5. The molecule has 0 amide bonds. The molecule has 0 saturated carbocycles. The summed E-state index contributed by atoms with van der Waals surface area (Å²) in [6, 6.07) is 25.2. The zero-order valence-electron chi connectivity index (χ0n) is 22.5. The lowest BCUT2D eigenvalue weighted by Gasteiger charge is -2.37. The summed E-state index contributed by atoms with van der Waals surface area (Å²) in [5, 5.41) is 11.3. The van der Waals surface area contributed by atoms with Gasteiger partial charge >= 0.3 is 0 Å². The molecule has 42 heavy (non-hydrogen) atoms. The van der Waals surface area contributed by atoms with Gasteiger partial charge in [0.15, 0.2) is 17.3 Å². The van der Waals surface area contributed by atoms with E-state index in [0.29, 0.717) is 22.4 Å². The maximum absolute atomic E-state index is 14.7. The maximum atomic E-state index is 14.7. The summed E-state index contributed by atoms with van der Waals surface area (Å²) in [6.07, 6.45) is 3.77. The molecule has 0 aromatic heterocycles. The number of methoxy groups -OCH3 is 1. The van der Waals surface area contributed by atoms with Crippen molar-refractivity contribution in [3.05, 3.63) is 141 Å². The second-order valence-electron chi connectivity index (χ2n) is 10.7. The Kier molecular flexibility index (Phi) is 5.69. The van der Waals surface area contributed by atoms with Crippen molar-refractivity contribution in [1.82, 2.24) is 0 Å². The predicted molar refractivity (Wildman–Crippen MR) is 156 cm³/mol. The van der Waals surface area contributed by atoms with Crippen molar-refractivity contribution in [1.29, 1.82) is 0 Å². The lowest BCUT2D eigenvalue weighted by atomic mass is 9.64. The van der Waals surface area contributed by atoms with Gasteiger partial charge in [-0.15, -0.1) is 0 Å². The van der Waals surface area contributed by atoms with Gasteiger partial charge in [0.1, 0.15) is 17.2 Å². The minimum absolute atomic E-state index is 0.139. The van der Waals surface area contributed by atoms with Crippen molar-refractivity contribution in [2.75, 3.05) is 12.0 Å². The lowest BCUT2D eigenvalue weighted by Crippen LogP contribution is -2.48. The molecule has 4 aromatic carbocycles. The van der Waals surface area contributed by atoms with Crippen LogP contribution in [0, 0.1) is 15.5 Å². The Labute approximate surface area is 241 Å². The van der Waals surface area contributed by atoms with Crippen LogP contribution < -0.4 is 9.64 Å². The molecular formula is C34H24N2O6. The number of rotatable bonds is 5. The molecule has 4 aromatic rings. The molecule has 0 radical (unpaired) electrons. The van der Waals surface area contributed by atoms with Gasteiger partial charge in [-0.3, -0.25) is 24.5 Å². The Hall–Kier alpha value is -5.37. The molecule has 7 rings (SSSR count). The minimum atomic E-state index is -1.64. The van der Waals surface area contributed by atoms with Crippen LogP contribution in [0.2, 0.25) is 0 Å². The monoisotopic (exact) mass is 556 g/mol. The Morgan fingerprint density at radius 1 is 0.881 bits per heavy atom. The van der Waals surface area contributed by atoms with Crippen LogP contribution in [0.3, 0.4) is 0 Å². The molecule has 8 nitrogen and oxygen atoms in total. The summed E-state index contributed by atoms with van der Waals surface area (Å²) >= 11 is 0. The van der Waals surface area contributed by atoms with Crippen LogP contribution in [0.4, 0.5) is 11.4 Å². The highest BCUT2D eigenvalue weighted by molar-refractivity contribution is 6.32. The second-order valence-corrected chi connectivity index (χ2v) is 10.7. The quantitative estimate of drug-likeness (QED) is 0.130. The van der Waals surface area contributed by atoms with E-state index >= 15 is 0 Å². The molecule has 0 N–H and O–H groups in total.